The summed E-state index contributed by atoms with van der Waals surface area (Å²) in [5, 5.41) is 8.92. The Kier molecular flexibility index (Phi) is 6.53. The first-order valence-corrected chi connectivity index (χ1v) is 12.4. The van der Waals surface area contributed by atoms with E-state index in [1.165, 1.54) is 23.6 Å². The van der Waals surface area contributed by atoms with Gasteiger partial charge in [-0.25, -0.2) is 9.18 Å². The molecule has 1 N–H and O–H groups in total. The number of benzene rings is 2. The van der Waals surface area contributed by atoms with Crippen molar-refractivity contribution in [3.05, 3.63) is 81.8 Å². The summed E-state index contributed by atoms with van der Waals surface area (Å²) in [5.41, 5.74) is 0.0377. The lowest BCUT2D eigenvalue weighted by Crippen LogP contribution is -2.29. The van der Waals surface area contributed by atoms with Crippen molar-refractivity contribution in [3.8, 4) is 5.69 Å². The first kappa shape index (κ1) is 24.3. The van der Waals surface area contributed by atoms with E-state index in [9.17, 15) is 23.6 Å². The summed E-state index contributed by atoms with van der Waals surface area (Å²) in [6.07, 6.45) is 0.0210. The zero-order chi connectivity index (χ0) is 26.1. The second-order valence-corrected chi connectivity index (χ2v) is 9.23. The molecule has 2 aromatic carbocycles. The number of carbonyl (C=O) groups excluding carboxylic acids is 3. The van der Waals surface area contributed by atoms with Crippen LogP contribution < -0.4 is 15.8 Å². The average molecular weight is 521 g/mol. The molecule has 2 amide bonds. The number of nitrogens with one attached hydrogen (secondary N) is 1. The number of fused-ring (bicyclic) bond motifs is 1. The molecule has 9 nitrogen and oxygen atoms in total. The maximum Gasteiger partial charge on any atom is 0.359 e. The molecule has 1 aliphatic heterocycles. The average Bonchev–Trinajstić information content (AvgIpc) is 3.49. The number of hydrogen-bond donors (Lipinski definition) is 1. The van der Waals surface area contributed by atoms with Gasteiger partial charge in [0.25, 0.3) is 5.56 Å². The van der Waals surface area contributed by atoms with Crippen LogP contribution in [0.5, 0.6) is 0 Å². The minimum atomic E-state index is -0.756. The second-order valence-electron chi connectivity index (χ2n) is 8.35. The molecule has 11 heteroatoms. The van der Waals surface area contributed by atoms with Crippen molar-refractivity contribution in [2.75, 3.05) is 23.4 Å². The topological polar surface area (TPSA) is 111 Å². The van der Waals surface area contributed by atoms with Gasteiger partial charge in [0.05, 0.1) is 23.6 Å². The highest BCUT2D eigenvalue weighted by atomic mass is 32.1. The van der Waals surface area contributed by atoms with Crippen molar-refractivity contribution in [3.63, 3.8) is 0 Å². The molecule has 1 unspecified atom stereocenters. The number of thiophene rings is 1. The summed E-state index contributed by atoms with van der Waals surface area (Å²) in [6, 6.07) is 14.3. The number of halogens is 1. The van der Waals surface area contributed by atoms with Crippen molar-refractivity contribution < 1.29 is 23.5 Å². The highest BCUT2D eigenvalue weighted by molar-refractivity contribution is 7.16. The number of aromatic nitrogens is 2. The zero-order valence-electron chi connectivity index (χ0n) is 19.6. The Labute approximate surface area is 214 Å². The molecule has 1 fully saturated rings. The molecule has 188 valence electrons. The van der Waals surface area contributed by atoms with E-state index in [2.05, 4.69) is 10.4 Å². The summed E-state index contributed by atoms with van der Waals surface area (Å²) in [5.74, 6) is -2.59. The van der Waals surface area contributed by atoms with Crippen molar-refractivity contribution in [2.24, 2.45) is 5.92 Å². The Bertz CT molecular complexity index is 1580. The van der Waals surface area contributed by atoms with Crippen LogP contribution in [0.15, 0.2) is 64.8 Å². The van der Waals surface area contributed by atoms with Gasteiger partial charge in [-0.2, -0.15) is 9.78 Å². The summed E-state index contributed by atoms with van der Waals surface area (Å²) < 4.78 is 19.9. The van der Waals surface area contributed by atoms with E-state index in [0.717, 1.165) is 22.1 Å². The van der Waals surface area contributed by atoms with Crippen LogP contribution in [0.3, 0.4) is 0 Å². The largest absolute Gasteiger partial charge is 0.461 e. The number of para-hydroxylation sites is 1. The van der Waals surface area contributed by atoms with E-state index < -0.39 is 29.2 Å². The summed E-state index contributed by atoms with van der Waals surface area (Å²) >= 11 is 1.05. The molecule has 0 saturated carbocycles. The predicted molar refractivity (Wildman–Crippen MR) is 137 cm³/mol. The van der Waals surface area contributed by atoms with E-state index in [0.29, 0.717) is 5.69 Å². The van der Waals surface area contributed by atoms with Crippen molar-refractivity contribution in [2.45, 2.75) is 13.3 Å². The molecule has 1 saturated heterocycles. The Hall–Kier alpha value is -4.38. The van der Waals surface area contributed by atoms with Gasteiger partial charge in [0.1, 0.15) is 10.8 Å². The molecule has 5 rings (SSSR count). The number of esters is 1. The lowest BCUT2D eigenvalue weighted by atomic mass is 10.1. The van der Waals surface area contributed by atoms with E-state index in [1.807, 2.05) is 18.2 Å². The molecule has 2 aromatic heterocycles. The predicted octanol–water partition coefficient (Wildman–Crippen LogP) is 3.75. The second kappa shape index (κ2) is 9.94. The minimum absolute atomic E-state index is 0.0210. The molecule has 0 aliphatic carbocycles. The number of rotatable bonds is 6. The number of anilines is 2. The molecule has 0 spiro atoms. The molecule has 1 atom stereocenters. The van der Waals surface area contributed by atoms with Gasteiger partial charge in [-0.3, -0.25) is 14.4 Å². The normalized spacial score (nSPS) is 15.2. The summed E-state index contributed by atoms with van der Waals surface area (Å²) in [6.45, 7) is 1.92. The van der Waals surface area contributed by atoms with Gasteiger partial charge in [-0.05, 0) is 37.3 Å². The molecule has 37 heavy (non-hydrogen) atoms. The van der Waals surface area contributed by atoms with Crippen LogP contribution in [0.1, 0.15) is 23.8 Å². The summed E-state index contributed by atoms with van der Waals surface area (Å²) in [7, 11) is 0. The van der Waals surface area contributed by atoms with Crippen LogP contribution >= 0.6 is 11.3 Å². The minimum Gasteiger partial charge on any atom is -0.461 e. The quantitative estimate of drug-likeness (QED) is 0.388. The van der Waals surface area contributed by atoms with Gasteiger partial charge in [0, 0.05) is 29.4 Å². The molecular formula is C26H21FN4O5S. The van der Waals surface area contributed by atoms with Gasteiger partial charge in [0.15, 0.2) is 5.69 Å². The van der Waals surface area contributed by atoms with E-state index in [1.54, 1.807) is 24.0 Å². The van der Waals surface area contributed by atoms with E-state index in [-0.39, 0.29) is 52.6 Å². The molecule has 1 aliphatic rings. The Morgan fingerprint density at radius 1 is 1.14 bits per heavy atom. The highest BCUT2D eigenvalue weighted by Gasteiger charge is 2.35. The van der Waals surface area contributed by atoms with Gasteiger partial charge < -0.3 is 15.0 Å². The number of nitrogens with zero attached hydrogens (tertiary/aromatic N) is 3. The van der Waals surface area contributed by atoms with Gasteiger partial charge >= 0.3 is 5.97 Å². The van der Waals surface area contributed by atoms with E-state index >= 15 is 0 Å². The maximum absolute atomic E-state index is 13.9. The third kappa shape index (κ3) is 4.60. The molecule has 0 radical (unpaired) electrons. The fourth-order valence-corrected chi connectivity index (χ4v) is 5.17. The van der Waals surface area contributed by atoms with Crippen molar-refractivity contribution in [1.82, 2.24) is 9.78 Å². The monoisotopic (exact) mass is 520 g/mol. The molecule has 3 heterocycles. The smallest absolute Gasteiger partial charge is 0.359 e. The Balaban J connectivity index is 1.52. The molecule has 4 aromatic rings. The van der Waals surface area contributed by atoms with Crippen LogP contribution in [0.4, 0.5) is 15.1 Å². The number of hydrogen-bond acceptors (Lipinski definition) is 7. The van der Waals surface area contributed by atoms with Crippen molar-refractivity contribution >= 4 is 50.6 Å². The number of amides is 2. The lowest BCUT2D eigenvalue weighted by molar-refractivity contribution is -0.122. The van der Waals surface area contributed by atoms with Crippen LogP contribution in [0.25, 0.3) is 16.5 Å². The standard InChI is InChI=1S/C26H21FN4O5S/c1-2-36-26(35)22-19-14-37-24(21(19)25(34)31(29-22)18-10-6-7-16(27)12-18)28-23(33)15-11-20(32)30(13-15)17-8-4-3-5-9-17/h3-10,12,14-15H,2,11,13H2,1H3,(H,28,33). The van der Waals surface area contributed by atoms with Crippen LogP contribution in [-0.2, 0) is 14.3 Å². The lowest BCUT2D eigenvalue weighted by Gasteiger charge is -2.16. The third-order valence-electron chi connectivity index (χ3n) is 5.97. The van der Waals surface area contributed by atoms with Crippen LogP contribution in [0, 0.1) is 11.7 Å². The third-order valence-corrected chi connectivity index (χ3v) is 6.87. The Morgan fingerprint density at radius 3 is 2.62 bits per heavy atom. The van der Waals surface area contributed by atoms with Crippen LogP contribution in [-0.4, -0.2) is 40.7 Å². The molecule has 0 bridgehead atoms. The fourth-order valence-electron chi connectivity index (χ4n) is 4.23. The van der Waals surface area contributed by atoms with Crippen LogP contribution in [0.2, 0.25) is 0 Å². The van der Waals surface area contributed by atoms with Gasteiger partial charge in [-0.1, -0.05) is 24.3 Å². The molecular weight excluding hydrogens is 499 g/mol. The van der Waals surface area contributed by atoms with E-state index in [4.69, 9.17) is 4.74 Å². The fraction of sp³-hybridized carbons (Fsp3) is 0.192. The van der Waals surface area contributed by atoms with Gasteiger partial charge in [0.2, 0.25) is 11.8 Å². The first-order chi connectivity index (χ1) is 17.9. The SMILES string of the molecule is CCOC(=O)c1nn(-c2cccc(F)c2)c(=O)c2c(NC(=O)C3CC(=O)N(c4ccccc4)C3)scc12. The zero-order valence-corrected chi connectivity index (χ0v) is 20.5. The van der Waals surface area contributed by atoms with Crippen molar-refractivity contribution in [1.29, 1.82) is 0 Å². The maximum atomic E-state index is 13.9. The summed E-state index contributed by atoms with van der Waals surface area (Å²) in [4.78, 5) is 53.4. The van der Waals surface area contributed by atoms with Gasteiger partial charge in [-0.15, -0.1) is 11.3 Å². The first-order valence-electron chi connectivity index (χ1n) is 11.5. The number of carbonyl (C=O) groups is 3. The highest BCUT2D eigenvalue weighted by Crippen LogP contribution is 2.32. The Morgan fingerprint density at radius 2 is 1.89 bits per heavy atom. The number of ether oxygens (including phenoxy) is 1.